The molecule has 4 heteroatoms. The molecule has 94 valence electrons. The van der Waals surface area contributed by atoms with E-state index in [0.717, 1.165) is 29.5 Å². The van der Waals surface area contributed by atoms with Crippen LogP contribution in [-0.2, 0) is 5.41 Å². The smallest absolute Gasteiger partial charge is 0.145 e. The minimum absolute atomic E-state index is 0.0363. The molecule has 1 fully saturated rings. The molecule has 0 bridgehead atoms. The highest BCUT2D eigenvalue weighted by Gasteiger charge is 2.46. The summed E-state index contributed by atoms with van der Waals surface area (Å²) < 4.78 is 0. The van der Waals surface area contributed by atoms with Crippen molar-refractivity contribution in [2.45, 2.75) is 25.2 Å². The normalized spacial score (nSPS) is 26.9. The molecule has 3 rings (SSSR count). The van der Waals surface area contributed by atoms with Gasteiger partial charge in [0.2, 0.25) is 0 Å². The number of hydrogen-bond donors (Lipinski definition) is 2. The van der Waals surface area contributed by atoms with E-state index in [1.165, 1.54) is 5.56 Å². The van der Waals surface area contributed by atoms with Crippen molar-refractivity contribution in [2.75, 3.05) is 5.73 Å². The number of hydrogen-bond acceptors (Lipinski definition) is 2. The summed E-state index contributed by atoms with van der Waals surface area (Å²) in [5, 5.41) is 7.90. The van der Waals surface area contributed by atoms with Gasteiger partial charge in [-0.3, -0.25) is 5.10 Å². The Labute approximate surface area is 111 Å². The van der Waals surface area contributed by atoms with E-state index in [2.05, 4.69) is 29.3 Å². The second-order valence-electron chi connectivity index (χ2n) is 5.31. The molecular formula is C14H16ClN3. The third-order valence-corrected chi connectivity index (χ3v) is 4.16. The number of nitrogens with zero attached hydrogens (tertiary/aromatic N) is 1. The van der Waals surface area contributed by atoms with Crippen LogP contribution in [-0.4, -0.2) is 10.2 Å². The summed E-state index contributed by atoms with van der Waals surface area (Å²) in [6.45, 7) is 2.27. The summed E-state index contributed by atoms with van der Waals surface area (Å²) in [5.41, 5.74) is 8.16. The van der Waals surface area contributed by atoms with Gasteiger partial charge < -0.3 is 5.73 Å². The van der Waals surface area contributed by atoms with E-state index in [1.54, 1.807) is 0 Å². The molecule has 0 saturated heterocycles. The topological polar surface area (TPSA) is 54.7 Å². The molecule has 3 N–H and O–H groups in total. The Kier molecular flexibility index (Phi) is 2.59. The quantitative estimate of drug-likeness (QED) is 0.871. The van der Waals surface area contributed by atoms with Crippen molar-refractivity contribution < 1.29 is 0 Å². The molecule has 1 aromatic carbocycles. The maximum atomic E-state index is 5.96. The molecular weight excluding hydrogens is 246 g/mol. The van der Waals surface area contributed by atoms with Gasteiger partial charge in [-0.25, -0.2) is 0 Å². The van der Waals surface area contributed by atoms with Crippen molar-refractivity contribution in [1.29, 1.82) is 0 Å². The first-order chi connectivity index (χ1) is 8.60. The molecule has 1 saturated carbocycles. The standard InChI is InChI=1S/C14H16ClN3/c1-9-7-14(8-9,12-6-13(16)18-17-12)10-2-4-11(15)5-3-10/h2-6,9H,7-8H2,1H3,(H3,16,17,18). The minimum Gasteiger partial charge on any atom is -0.382 e. The van der Waals surface area contributed by atoms with Gasteiger partial charge in [0.1, 0.15) is 5.82 Å². The number of aromatic nitrogens is 2. The number of aromatic amines is 1. The second kappa shape index (κ2) is 4.02. The van der Waals surface area contributed by atoms with E-state index in [4.69, 9.17) is 17.3 Å². The summed E-state index contributed by atoms with van der Waals surface area (Å²) in [6, 6.07) is 10.0. The SMILES string of the molecule is CC1CC(c2ccc(Cl)cc2)(c2cc(N)n[nH]2)C1. The molecule has 18 heavy (non-hydrogen) atoms. The maximum Gasteiger partial charge on any atom is 0.145 e. The monoisotopic (exact) mass is 261 g/mol. The Morgan fingerprint density at radius 3 is 2.50 bits per heavy atom. The molecule has 0 spiro atoms. The van der Waals surface area contributed by atoms with Gasteiger partial charge >= 0.3 is 0 Å². The maximum absolute atomic E-state index is 5.96. The van der Waals surface area contributed by atoms with Crippen LogP contribution in [0.15, 0.2) is 30.3 Å². The Bertz CT molecular complexity index is 553. The Balaban J connectivity index is 2.04. The van der Waals surface area contributed by atoms with Gasteiger partial charge in [0, 0.05) is 22.2 Å². The van der Waals surface area contributed by atoms with Crippen LogP contribution in [0.2, 0.25) is 5.02 Å². The fourth-order valence-electron chi connectivity index (χ4n) is 3.09. The highest BCUT2D eigenvalue weighted by atomic mass is 35.5. The number of nitrogen functional groups attached to an aromatic ring is 1. The van der Waals surface area contributed by atoms with Crippen LogP contribution in [0, 0.1) is 5.92 Å². The number of anilines is 1. The number of halogens is 1. The summed E-state index contributed by atoms with van der Waals surface area (Å²) >= 11 is 5.96. The van der Waals surface area contributed by atoms with Crippen LogP contribution in [0.4, 0.5) is 5.82 Å². The second-order valence-corrected chi connectivity index (χ2v) is 5.75. The predicted molar refractivity (Wildman–Crippen MR) is 73.6 cm³/mol. The van der Waals surface area contributed by atoms with Crippen LogP contribution in [0.5, 0.6) is 0 Å². The van der Waals surface area contributed by atoms with E-state index in [-0.39, 0.29) is 5.41 Å². The van der Waals surface area contributed by atoms with Crippen LogP contribution < -0.4 is 5.73 Å². The number of nitrogens with one attached hydrogen (secondary N) is 1. The first-order valence-electron chi connectivity index (χ1n) is 6.17. The molecule has 3 nitrogen and oxygen atoms in total. The molecule has 1 aliphatic carbocycles. The third kappa shape index (κ3) is 1.70. The Morgan fingerprint density at radius 1 is 1.33 bits per heavy atom. The molecule has 2 aromatic rings. The summed E-state index contributed by atoms with van der Waals surface area (Å²) in [7, 11) is 0. The van der Waals surface area contributed by atoms with Crippen LogP contribution in [0.25, 0.3) is 0 Å². The highest BCUT2D eigenvalue weighted by molar-refractivity contribution is 6.30. The van der Waals surface area contributed by atoms with E-state index >= 15 is 0 Å². The summed E-state index contributed by atoms with van der Waals surface area (Å²) in [4.78, 5) is 0. The average Bonchev–Trinajstić information content (AvgIpc) is 2.73. The van der Waals surface area contributed by atoms with Gasteiger partial charge in [-0.2, -0.15) is 5.10 Å². The largest absolute Gasteiger partial charge is 0.382 e. The summed E-state index contributed by atoms with van der Waals surface area (Å²) in [5.74, 6) is 1.28. The lowest BCUT2D eigenvalue weighted by Crippen LogP contribution is -2.41. The lowest BCUT2D eigenvalue weighted by atomic mass is 9.57. The fraction of sp³-hybridized carbons (Fsp3) is 0.357. The molecule has 0 aliphatic heterocycles. The molecule has 0 unspecified atom stereocenters. The molecule has 1 heterocycles. The number of H-pyrrole nitrogens is 1. The van der Waals surface area contributed by atoms with Gasteiger partial charge in [0.25, 0.3) is 0 Å². The van der Waals surface area contributed by atoms with Crippen molar-refractivity contribution in [3.8, 4) is 0 Å². The zero-order chi connectivity index (χ0) is 12.8. The van der Waals surface area contributed by atoms with Crippen molar-refractivity contribution >= 4 is 17.4 Å². The lowest BCUT2D eigenvalue weighted by Gasteiger charge is -2.46. The van der Waals surface area contributed by atoms with Gasteiger partial charge in [-0.15, -0.1) is 0 Å². The zero-order valence-electron chi connectivity index (χ0n) is 10.3. The molecule has 0 atom stereocenters. The van der Waals surface area contributed by atoms with E-state index in [1.807, 2.05) is 18.2 Å². The van der Waals surface area contributed by atoms with Crippen LogP contribution in [0.1, 0.15) is 31.0 Å². The van der Waals surface area contributed by atoms with Crippen molar-refractivity contribution in [3.63, 3.8) is 0 Å². The fourth-order valence-corrected chi connectivity index (χ4v) is 3.22. The number of nitrogens with two attached hydrogens (primary N) is 1. The van der Waals surface area contributed by atoms with Gasteiger partial charge in [-0.1, -0.05) is 30.7 Å². The zero-order valence-corrected chi connectivity index (χ0v) is 11.0. The number of benzene rings is 1. The third-order valence-electron chi connectivity index (χ3n) is 3.90. The molecule has 0 radical (unpaired) electrons. The Morgan fingerprint density at radius 2 is 2.00 bits per heavy atom. The Hall–Kier alpha value is -1.48. The van der Waals surface area contributed by atoms with E-state index in [0.29, 0.717) is 5.82 Å². The van der Waals surface area contributed by atoms with Crippen molar-refractivity contribution in [1.82, 2.24) is 10.2 Å². The van der Waals surface area contributed by atoms with Crippen LogP contribution >= 0.6 is 11.6 Å². The van der Waals surface area contributed by atoms with Crippen LogP contribution in [0.3, 0.4) is 0 Å². The van der Waals surface area contributed by atoms with E-state index in [9.17, 15) is 0 Å². The molecule has 1 aromatic heterocycles. The average molecular weight is 262 g/mol. The number of rotatable bonds is 2. The van der Waals surface area contributed by atoms with Gasteiger partial charge in [0.05, 0.1) is 0 Å². The van der Waals surface area contributed by atoms with Gasteiger partial charge in [0.15, 0.2) is 0 Å². The summed E-state index contributed by atoms with van der Waals surface area (Å²) in [6.07, 6.45) is 2.24. The highest BCUT2D eigenvalue weighted by Crippen LogP contribution is 2.51. The van der Waals surface area contributed by atoms with E-state index < -0.39 is 0 Å². The van der Waals surface area contributed by atoms with Crippen molar-refractivity contribution in [3.05, 3.63) is 46.6 Å². The predicted octanol–water partition coefficient (Wildman–Crippen LogP) is 3.36. The molecule has 1 aliphatic rings. The first-order valence-corrected chi connectivity index (χ1v) is 6.55. The van der Waals surface area contributed by atoms with Gasteiger partial charge in [-0.05, 0) is 36.5 Å². The molecule has 0 amide bonds. The lowest BCUT2D eigenvalue weighted by molar-refractivity contribution is 0.195. The van der Waals surface area contributed by atoms with Crippen molar-refractivity contribution in [2.24, 2.45) is 5.92 Å². The first kappa shape index (κ1) is 11.6. The minimum atomic E-state index is 0.0363.